The number of hydrogen-bond donors (Lipinski definition) is 2. The zero-order valence-corrected chi connectivity index (χ0v) is 13.8. The van der Waals surface area contributed by atoms with Gasteiger partial charge in [-0.2, -0.15) is 5.26 Å². The SMILES string of the molecule is N#CC(=Cc1cn(CC(N)=O)c2ccccc12)c1nc2ccccc2[nH]1. The van der Waals surface area contributed by atoms with Gasteiger partial charge in [-0.1, -0.05) is 30.3 Å². The van der Waals surface area contributed by atoms with Crippen molar-refractivity contribution >= 4 is 39.5 Å². The van der Waals surface area contributed by atoms with E-state index in [-0.39, 0.29) is 6.54 Å². The van der Waals surface area contributed by atoms with Crippen LogP contribution in [0.25, 0.3) is 33.6 Å². The van der Waals surface area contributed by atoms with E-state index < -0.39 is 5.91 Å². The Morgan fingerprint density at radius 3 is 2.77 bits per heavy atom. The molecule has 3 N–H and O–H groups in total. The number of amides is 1. The molecule has 26 heavy (non-hydrogen) atoms. The van der Waals surface area contributed by atoms with Gasteiger partial charge in [0.2, 0.25) is 5.91 Å². The van der Waals surface area contributed by atoms with Crippen molar-refractivity contribution in [2.45, 2.75) is 6.54 Å². The molecule has 0 saturated heterocycles. The summed E-state index contributed by atoms with van der Waals surface area (Å²) in [5.41, 5.74) is 9.16. The second kappa shape index (κ2) is 6.22. The van der Waals surface area contributed by atoms with E-state index in [0.29, 0.717) is 11.4 Å². The molecule has 6 heteroatoms. The minimum absolute atomic E-state index is 0.0842. The second-order valence-corrected chi connectivity index (χ2v) is 5.97. The molecule has 1 amide bonds. The third-order valence-corrected chi connectivity index (χ3v) is 4.21. The van der Waals surface area contributed by atoms with Crippen LogP contribution in [0.1, 0.15) is 11.4 Å². The van der Waals surface area contributed by atoms with Gasteiger partial charge in [0.25, 0.3) is 0 Å². The lowest BCUT2D eigenvalue weighted by atomic mass is 10.1. The summed E-state index contributed by atoms with van der Waals surface area (Å²) in [4.78, 5) is 19.0. The molecule has 0 radical (unpaired) electrons. The van der Waals surface area contributed by atoms with Gasteiger partial charge in [0.15, 0.2) is 0 Å². The molecular weight excluding hydrogens is 326 g/mol. The summed E-state index contributed by atoms with van der Waals surface area (Å²) in [7, 11) is 0. The van der Waals surface area contributed by atoms with E-state index in [1.54, 1.807) is 10.6 Å². The number of para-hydroxylation sites is 3. The van der Waals surface area contributed by atoms with Crippen LogP contribution in [0.3, 0.4) is 0 Å². The van der Waals surface area contributed by atoms with Gasteiger partial charge in [-0.3, -0.25) is 4.79 Å². The highest BCUT2D eigenvalue weighted by Crippen LogP contribution is 2.26. The first-order chi connectivity index (χ1) is 12.7. The summed E-state index contributed by atoms with van der Waals surface area (Å²) < 4.78 is 1.79. The molecule has 4 rings (SSSR count). The number of primary amides is 1. The normalized spacial score (nSPS) is 11.7. The van der Waals surface area contributed by atoms with Gasteiger partial charge in [-0.15, -0.1) is 0 Å². The molecule has 0 bridgehead atoms. The van der Waals surface area contributed by atoms with Crippen LogP contribution >= 0.6 is 0 Å². The van der Waals surface area contributed by atoms with E-state index in [1.165, 1.54) is 0 Å². The van der Waals surface area contributed by atoms with Gasteiger partial charge in [0.05, 0.1) is 16.6 Å². The topological polar surface area (TPSA) is 100 Å². The average Bonchev–Trinajstić information content (AvgIpc) is 3.21. The maximum Gasteiger partial charge on any atom is 0.237 e. The summed E-state index contributed by atoms with van der Waals surface area (Å²) in [6.45, 7) is 0.0842. The Labute approximate surface area is 149 Å². The zero-order valence-electron chi connectivity index (χ0n) is 13.8. The molecule has 0 fully saturated rings. The second-order valence-electron chi connectivity index (χ2n) is 5.97. The number of H-pyrrole nitrogens is 1. The summed E-state index contributed by atoms with van der Waals surface area (Å²) >= 11 is 0. The third kappa shape index (κ3) is 2.72. The predicted molar refractivity (Wildman–Crippen MR) is 101 cm³/mol. The molecule has 2 heterocycles. The first-order valence-corrected chi connectivity index (χ1v) is 8.09. The number of aromatic nitrogens is 3. The molecule has 0 aliphatic heterocycles. The molecule has 2 aromatic carbocycles. The molecule has 0 spiro atoms. The molecule has 126 valence electrons. The number of allylic oxidation sites excluding steroid dienone is 1. The smallest absolute Gasteiger partial charge is 0.237 e. The fraction of sp³-hybridized carbons (Fsp3) is 0.0500. The standard InChI is InChI=1S/C20H15N5O/c21-10-13(20-23-16-6-2-3-7-17(16)24-20)9-14-11-25(12-19(22)26)18-8-4-1-5-15(14)18/h1-9,11H,12H2,(H2,22,26)(H,23,24). The van der Waals surface area contributed by atoms with E-state index >= 15 is 0 Å². The number of imidazole rings is 1. The molecule has 0 aliphatic carbocycles. The van der Waals surface area contributed by atoms with Crippen LogP contribution in [0.4, 0.5) is 0 Å². The Morgan fingerprint density at radius 1 is 1.23 bits per heavy atom. The Balaban J connectivity index is 1.85. The van der Waals surface area contributed by atoms with Gasteiger partial charge in [-0.25, -0.2) is 4.98 Å². The lowest BCUT2D eigenvalue weighted by Gasteiger charge is -2.00. The highest BCUT2D eigenvalue weighted by Gasteiger charge is 2.12. The zero-order chi connectivity index (χ0) is 18.1. The minimum Gasteiger partial charge on any atom is -0.368 e. The number of nitrogens with one attached hydrogen (secondary N) is 1. The number of nitriles is 1. The van der Waals surface area contributed by atoms with E-state index in [2.05, 4.69) is 16.0 Å². The Hall–Kier alpha value is -3.85. The van der Waals surface area contributed by atoms with E-state index in [0.717, 1.165) is 27.5 Å². The number of rotatable bonds is 4. The van der Waals surface area contributed by atoms with E-state index in [4.69, 9.17) is 5.73 Å². The number of nitrogens with zero attached hydrogens (tertiary/aromatic N) is 3. The largest absolute Gasteiger partial charge is 0.368 e. The Bertz CT molecular complexity index is 1170. The van der Waals surface area contributed by atoms with Crippen molar-refractivity contribution in [3.63, 3.8) is 0 Å². The van der Waals surface area contributed by atoms with Crippen molar-refractivity contribution in [1.29, 1.82) is 5.26 Å². The highest BCUT2D eigenvalue weighted by atomic mass is 16.1. The lowest BCUT2D eigenvalue weighted by molar-refractivity contribution is -0.118. The van der Waals surface area contributed by atoms with Gasteiger partial charge >= 0.3 is 0 Å². The number of carbonyl (C=O) groups excluding carboxylic acids is 1. The summed E-state index contributed by atoms with van der Waals surface area (Å²) in [6, 6.07) is 17.5. The van der Waals surface area contributed by atoms with Gasteiger partial charge < -0.3 is 15.3 Å². The molecule has 2 aromatic heterocycles. The number of aromatic amines is 1. The molecule has 0 atom stereocenters. The molecule has 0 aliphatic rings. The molecule has 6 nitrogen and oxygen atoms in total. The number of hydrogen-bond acceptors (Lipinski definition) is 3. The first kappa shape index (κ1) is 15.7. The average molecular weight is 341 g/mol. The Kier molecular flexibility index (Phi) is 3.75. The fourth-order valence-electron chi connectivity index (χ4n) is 3.08. The first-order valence-electron chi connectivity index (χ1n) is 8.09. The van der Waals surface area contributed by atoms with Gasteiger partial charge in [0.1, 0.15) is 18.4 Å². The van der Waals surface area contributed by atoms with Crippen LogP contribution < -0.4 is 5.73 Å². The van der Waals surface area contributed by atoms with Crippen LogP contribution in [-0.4, -0.2) is 20.4 Å². The Morgan fingerprint density at radius 2 is 2.00 bits per heavy atom. The quantitative estimate of drug-likeness (QED) is 0.558. The van der Waals surface area contributed by atoms with Crippen molar-refractivity contribution < 1.29 is 4.79 Å². The van der Waals surface area contributed by atoms with Gasteiger partial charge in [-0.05, 0) is 24.3 Å². The molecular formula is C20H15N5O. The van der Waals surface area contributed by atoms with Crippen molar-refractivity contribution in [2.24, 2.45) is 5.73 Å². The number of carbonyl (C=O) groups is 1. The fourth-order valence-corrected chi connectivity index (χ4v) is 3.08. The van der Waals surface area contributed by atoms with Crippen LogP contribution in [-0.2, 0) is 11.3 Å². The summed E-state index contributed by atoms with van der Waals surface area (Å²) in [6.07, 6.45) is 3.60. The number of benzene rings is 2. The van der Waals surface area contributed by atoms with Crippen molar-refractivity contribution in [3.05, 3.63) is 66.1 Å². The summed E-state index contributed by atoms with van der Waals surface area (Å²) in [5.74, 6) is 0.0968. The maximum absolute atomic E-state index is 11.3. The van der Waals surface area contributed by atoms with Crippen molar-refractivity contribution in [2.75, 3.05) is 0 Å². The van der Waals surface area contributed by atoms with Crippen LogP contribution in [0.2, 0.25) is 0 Å². The van der Waals surface area contributed by atoms with Crippen LogP contribution in [0.15, 0.2) is 54.7 Å². The monoisotopic (exact) mass is 341 g/mol. The van der Waals surface area contributed by atoms with Gasteiger partial charge in [0, 0.05) is 22.7 Å². The molecule has 0 saturated carbocycles. The van der Waals surface area contributed by atoms with E-state index in [9.17, 15) is 10.1 Å². The lowest BCUT2D eigenvalue weighted by Crippen LogP contribution is -2.17. The maximum atomic E-state index is 11.3. The van der Waals surface area contributed by atoms with Crippen LogP contribution in [0, 0.1) is 11.3 Å². The predicted octanol–water partition coefficient (Wildman–Crippen LogP) is 3.07. The number of nitrogens with two attached hydrogens (primary N) is 1. The number of fused-ring (bicyclic) bond motifs is 2. The van der Waals surface area contributed by atoms with Crippen molar-refractivity contribution in [3.8, 4) is 6.07 Å². The minimum atomic E-state index is -0.418. The molecule has 0 unspecified atom stereocenters. The highest BCUT2D eigenvalue weighted by molar-refractivity contribution is 5.98. The molecule has 4 aromatic rings. The van der Waals surface area contributed by atoms with E-state index in [1.807, 2.05) is 54.7 Å². The van der Waals surface area contributed by atoms with Crippen molar-refractivity contribution in [1.82, 2.24) is 14.5 Å². The van der Waals surface area contributed by atoms with Crippen LogP contribution in [0.5, 0.6) is 0 Å². The summed E-state index contributed by atoms with van der Waals surface area (Å²) in [5, 5.41) is 10.6. The third-order valence-electron chi connectivity index (χ3n) is 4.21.